The molecule has 1 fully saturated rings. The molecule has 5 heteroatoms. The second-order valence-corrected chi connectivity index (χ2v) is 7.90. The van der Waals surface area contributed by atoms with Crippen LogP contribution in [-0.4, -0.2) is 30.1 Å². The molecular formula is C24H33N3O2. The lowest BCUT2D eigenvalue weighted by atomic mass is 9.99. The normalized spacial score (nSPS) is 17.4. The molecule has 1 amide bonds. The van der Waals surface area contributed by atoms with Gasteiger partial charge in [0.25, 0.3) is 0 Å². The average Bonchev–Trinajstić information content (AvgIpc) is 3.18. The van der Waals surface area contributed by atoms with E-state index in [-0.39, 0.29) is 18.1 Å². The number of pyridine rings is 1. The van der Waals surface area contributed by atoms with E-state index in [9.17, 15) is 4.79 Å². The van der Waals surface area contributed by atoms with Gasteiger partial charge in [0.2, 0.25) is 5.91 Å². The van der Waals surface area contributed by atoms with Crippen LogP contribution < -0.4 is 15.0 Å². The number of hydrogen-bond donors (Lipinski definition) is 1. The predicted molar refractivity (Wildman–Crippen MR) is 117 cm³/mol. The molecule has 0 radical (unpaired) electrons. The summed E-state index contributed by atoms with van der Waals surface area (Å²) < 4.78 is 6.21. The van der Waals surface area contributed by atoms with Gasteiger partial charge in [0.15, 0.2) is 0 Å². The summed E-state index contributed by atoms with van der Waals surface area (Å²) in [4.78, 5) is 18.5. The van der Waals surface area contributed by atoms with E-state index in [1.807, 2.05) is 31.2 Å². The minimum Gasteiger partial charge on any atom is -0.489 e. The van der Waals surface area contributed by atoms with Crippen molar-refractivity contribution in [2.45, 2.75) is 65.0 Å². The topological polar surface area (TPSA) is 54.5 Å². The first-order chi connectivity index (χ1) is 14.0. The fraction of sp³-hybridized carbons (Fsp3) is 0.500. The Morgan fingerprint density at radius 3 is 2.59 bits per heavy atom. The highest BCUT2D eigenvalue weighted by atomic mass is 16.5. The third-order valence-corrected chi connectivity index (χ3v) is 5.73. The highest BCUT2D eigenvalue weighted by Crippen LogP contribution is 2.27. The lowest BCUT2D eigenvalue weighted by Gasteiger charge is -2.20. The molecule has 1 aliphatic heterocycles. The molecule has 29 heavy (non-hydrogen) atoms. The van der Waals surface area contributed by atoms with Crippen LogP contribution in [0.4, 0.5) is 5.82 Å². The summed E-state index contributed by atoms with van der Waals surface area (Å²) in [6.45, 7) is 9.78. The van der Waals surface area contributed by atoms with Crippen LogP contribution in [0.3, 0.4) is 0 Å². The Kier molecular flexibility index (Phi) is 7.13. The lowest BCUT2D eigenvalue weighted by molar-refractivity contribution is -0.119. The van der Waals surface area contributed by atoms with Gasteiger partial charge in [-0.25, -0.2) is 4.98 Å². The van der Waals surface area contributed by atoms with Crippen molar-refractivity contribution in [1.29, 1.82) is 0 Å². The molecule has 2 unspecified atom stereocenters. The summed E-state index contributed by atoms with van der Waals surface area (Å²) in [5.41, 5.74) is 2.27. The van der Waals surface area contributed by atoms with Crippen molar-refractivity contribution in [2.75, 3.05) is 18.0 Å². The van der Waals surface area contributed by atoms with Gasteiger partial charge in [-0.05, 0) is 49.6 Å². The minimum atomic E-state index is -0.0225. The van der Waals surface area contributed by atoms with Gasteiger partial charge in [0.05, 0.1) is 12.6 Å². The zero-order valence-electron chi connectivity index (χ0n) is 18.0. The number of nitrogens with zero attached hydrogens (tertiary/aromatic N) is 2. The van der Waals surface area contributed by atoms with E-state index in [1.54, 1.807) is 0 Å². The molecule has 5 nitrogen and oxygen atoms in total. The van der Waals surface area contributed by atoms with E-state index in [0.29, 0.717) is 5.92 Å². The molecule has 1 aromatic heterocycles. The van der Waals surface area contributed by atoms with Crippen molar-refractivity contribution >= 4 is 11.7 Å². The molecule has 2 heterocycles. The molecule has 2 atom stereocenters. The number of rotatable bonds is 8. The van der Waals surface area contributed by atoms with Crippen molar-refractivity contribution in [2.24, 2.45) is 0 Å². The molecule has 0 saturated carbocycles. The Hall–Kier alpha value is -2.56. The molecule has 156 valence electrons. The van der Waals surface area contributed by atoms with E-state index < -0.39 is 0 Å². The third-order valence-electron chi connectivity index (χ3n) is 5.73. The maximum absolute atomic E-state index is 11.2. The van der Waals surface area contributed by atoms with Crippen LogP contribution in [0.1, 0.15) is 70.2 Å². The SMILES string of the molecule is CCC(CC)c1cccc(N2CCC(Oc3ccc(C(C)NC(C)=O)cc3)C2)n1. The largest absolute Gasteiger partial charge is 0.489 e. The first-order valence-electron chi connectivity index (χ1n) is 10.8. The van der Waals surface area contributed by atoms with E-state index in [4.69, 9.17) is 9.72 Å². The zero-order valence-corrected chi connectivity index (χ0v) is 18.0. The van der Waals surface area contributed by atoms with E-state index >= 15 is 0 Å². The second kappa shape index (κ2) is 9.77. The number of carbonyl (C=O) groups excluding carboxylic acids is 1. The van der Waals surface area contributed by atoms with Gasteiger partial charge in [-0.2, -0.15) is 0 Å². The summed E-state index contributed by atoms with van der Waals surface area (Å²) in [5, 5.41) is 2.90. The van der Waals surface area contributed by atoms with Crippen molar-refractivity contribution in [3.05, 3.63) is 53.7 Å². The fourth-order valence-corrected chi connectivity index (χ4v) is 4.00. The number of carbonyl (C=O) groups is 1. The van der Waals surface area contributed by atoms with Gasteiger partial charge in [-0.3, -0.25) is 4.79 Å². The number of amides is 1. The van der Waals surface area contributed by atoms with Crippen molar-refractivity contribution in [1.82, 2.24) is 10.3 Å². The van der Waals surface area contributed by atoms with E-state index in [1.165, 1.54) is 12.6 Å². The molecule has 1 N–H and O–H groups in total. The van der Waals surface area contributed by atoms with Crippen LogP contribution in [-0.2, 0) is 4.79 Å². The summed E-state index contributed by atoms with van der Waals surface area (Å²) >= 11 is 0. The van der Waals surface area contributed by atoms with Gasteiger partial charge in [-0.1, -0.05) is 32.0 Å². The van der Waals surface area contributed by atoms with Gasteiger partial charge < -0.3 is 15.0 Å². The molecule has 1 saturated heterocycles. The quantitative estimate of drug-likeness (QED) is 0.695. The highest BCUT2D eigenvalue weighted by Gasteiger charge is 2.25. The molecule has 0 spiro atoms. The van der Waals surface area contributed by atoms with E-state index in [2.05, 4.69) is 42.3 Å². The molecule has 0 bridgehead atoms. The minimum absolute atomic E-state index is 0.00283. The van der Waals surface area contributed by atoms with Crippen molar-refractivity contribution in [3.8, 4) is 5.75 Å². The summed E-state index contributed by atoms with van der Waals surface area (Å²) in [6, 6.07) is 14.4. The number of ether oxygens (including phenoxy) is 1. The maximum atomic E-state index is 11.2. The Morgan fingerprint density at radius 2 is 1.93 bits per heavy atom. The molecule has 2 aromatic rings. The fourth-order valence-electron chi connectivity index (χ4n) is 4.00. The number of hydrogen-bond acceptors (Lipinski definition) is 4. The van der Waals surface area contributed by atoms with Gasteiger partial charge >= 0.3 is 0 Å². The van der Waals surface area contributed by atoms with Gasteiger partial charge in [0, 0.05) is 31.5 Å². The average molecular weight is 396 g/mol. The van der Waals surface area contributed by atoms with E-state index in [0.717, 1.165) is 49.5 Å². The summed E-state index contributed by atoms with van der Waals surface area (Å²) in [5.74, 6) is 2.43. The Labute approximate surface area is 174 Å². The smallest absolute Gasteiger partial charge is 0.217 e. The highest BCUT2D eigenvalue weighted by molar-refractivity contribution is 5.73. The molecule has 1 aliphatic rings. The van der Waals surface area contributed by atoms with Crippen LogP contribution in [0.15, 0.2) is 42.5 Å². The number of nitrogens with one attached hydrogen (secondary N) is 1. The maximum Gasteiger partial charge on any atom is 0.217 e. The summed E-state index contributed by atoms with van der Waals surface area (Å²) in [6.07, 6.45) is 3.39. The molecular weight excluding hydrogens is 362 g/mol. The third kappa shape index (κ3) is 5.49. The van der Waals surface area contributed by atoms with Gasteiger partial charge in [0.1, 0.15) is 17.7 Å². The standard InChI is InChI=1S/C24H33N3O2/c1-5-19(6-2)23-8-7-9-24(26-23)27-15-14-22(16-27)29-21-12-10-20(11-13-21)17(3)25-18(4)28/h7-13,17,19,22H,5-6,14-16H2,1-4H3,(H,25,28). The second-order valence-electron chi connectivity index (χ2n) is 7.90. The van der Waals surface area contributed by atoms with Crippen LogP contribution >= 0.6 is 0 Å². The Morgan fingerprint density at radius 1 is 1.21 bits per heavy atom. The summed E-state index contributed by atoms with van der Waals surface area (Å²) in [7, 11) is 0. The Bertz CT molecular complexity index is 802. The van der Waals surface area contributed by atoms with Crippen molar-refractivity contribution in [3.63, 3.8) is 0 Å². The first kappa shape index (κ1) is 21.2. The molecule has 3 rings (SSSR count). The number of benzene rings is 1. The van der Waals surface area contributed by atoms with Crippen LogP contribution in [0.25, 0.3) is 0 Å². The predicted octanol–water partition coefficient (Wildman–Crippen LogP) is 4.84. The zero-order chi connectivity index (χ0) is 20.8. The number of aromatic nitrogens is 1. The Balaban J connectivity index is 1.59. The number of anilines is 1. The first-order valence-corrected chi connectivity index (χ1v) is 10.8. The molecule has 0 aliphatic carbocycles. The van der Waals surface area contributed by atoms with Crippen LogP contribution in [0.2, 0.25) is 0 Å². The van der Waals surface area contributed by atoms with Gasteiger partial charge in [-0.15, -0.1) is 0 Å². The monoisotopic (exact) mass is 395 g/mol. The molecule has 1 aromatic carbocycles. The lowest BCUT2D eigenvalue weighted by Crippen LogP contribution is -2.25. The van der Waals surface area contributed by atoms with Crippen LogP contribution in [0, 0.1) is 0 Å². The van der Waals surface area contributed by atoms with Crippen molar-refractivity contribution < 1.29 is 9.53 Å². The van der Waals surface area contributed by atoms with Crippen LogP contribution in [0.5, 0.6) is 5.75 Å².